The second-order valence-corrected chi connectivity index (χ2v) is 7.47. The molecule has 2 N–H and O–H groups in total. The maximum Gasteiger partial charge on any atom is 0.490 e. The van der Waals surface area contributed by atoms with Gasteiger partial charge in [-0.15, -0.1) is 0 Å². The Balaban J connectivity index is 0.000000384. The quantitative estimate of drug-likeness (QED) is 0.422. The van der Waals surface area contributed by atoms with Crippen LogP contribution in [0.4, 0.5) is 18.9 Å². The maximum absolute atomic E-state index is 12.6. The molecule has 1 aliphatic heterocycles. The summed E-state index contributed by atoms with van der Waals surface area (Å²) in [6.07, 6.45) is -2.30. The number of hydrogen-bond donors (Lipinski definition) is 2. The van der Waals surface area contributed by atoms with Crippen molar-refractivity contribution in [2.45, 2.75) is 12.3 Å². The number of fused-ring (bicyclic) bond motifs is 2. The second kappa shape index (κ2) is 10.3. The number of para-hydroxylation sites is 2. The number of pyridine rings is 2. The fraction of sp³-hybridized carbons (Fsp3) is 0.120. The molecule has 0 aliphatic carbocycles. The van der Waals surface area contributed by atoms with E-state index in [9.17, 15) is 18.0 Å². The van der Waals surface area contributed by atoms with Crippen LogP contribution in [0.25, 0.3) is 22.2 Å². The number of ether oxygens (including phenoxy) is 2. The van der Waals surface area contributed by atoms with Crippen molar-refractivity contribution in [3.63, 3.8) is 0 Å². The molecule has 8 nitrogen and oxygen atoms in total. The van der Waals surface area contributed by atoms with Crippen LogP contribution in [0.5, 0.6) is 11.5 Å². The van der Waals surface area contributed by atoms with Gasteiger partial charge in [0.25, 0.3) is 5.91 Å². The van der Waals surface area contributed by atoms with E-state index >= 15 is 0 Å². The summed E-state index contributed by atoms with van der Waals surface area (Å²) >= 11 is 0. The van der Waals surface area contributed by atoms with Crippen molar-refractivity contribution in [2.24, 2.45) is 0 Å². The van der Waals surface area contributed by atoms with E-state index in [-0.39, 0.29) is 12.5 Å². The minimum atomic E-state index is -5.08. The van der Waals surface area contributed by atoms with Crippen molar-refractivity contribution in [2.75, 3.05) is 11.9 Å². The normalized spacial score (nSPS) is 14.4. The Bertz CT molecular complexity index is 1390. The average molecular weight is 497 g/mol. The van der Waals surface area contributed by atoms with Crippen molar-refractivity contribution in [3.8, 4) is 22.6 Å². The molecule has 5 rings (SSSR count). The number of aromatic nitrogens is 2. The van der Waals surface area contributed by atoms with Gasteiger partial charge in [0.05, 0.1) is 0 Å². The predicted octanol–water partition coefficient (Wildman–Crippen LogP) is 4.71. The molecule has 2 aromatic heterocycles. The Kier molecular flexibility index (Phi) is 7.00. The van der Waals surface area contributed by atoms with Crippen molar-refractivity contribution in [1.29, 1.82) is 0 Å². The van der Waals surface area contributed by atoms with Crippen LogP contribution in [-0.4, -0.2) is 45.8 Å². The highest BCUT2D eigenvalue weighted by Crippen LogP contribution is 2.31. The SMILES string of the molecule is O=C(Nc1ccc(-c2ccnc3ncccc23)cc1)C1COc2ccccc2O1.O=C(O)C(F)(F)F. The van der Waals surface area contributed by atoms with E-state index in [1.54, 1.807) is 18.5 Å². The van der Waals surface area contributed by atoms with Gasteiger partial charge in [0.15, 0.2) is 17.1 Å². The number of benzene rings is 2. The van der Waals surface area contributed by atoms with Crippen LogP contribution in [-0.2, 0) is 9.59 Å². The van der Waals surface area contributed by atoms with Crippen LogP contribution in [0, 0.1) is 0 Å². The third-order valence-electron chi connectivity index (χ3n) is 5.02. The molecule has 1 amide bonds. The average Bonchev–Trinajstić information content (AvgIpc) is 2.88. The summed E-state index contributed by atoms with van der Waals surface area (Å²) in [5.74, 6) is -1.77. The van der Waals surface area contributed by atoms with Gasteiger partial charge in [-0.3, -0.25) is 4.79 Å². The predicted molar refractivity (Wildman–Crippen MR) is 124 cm³/mol. The third-order valence-corrected chi connectivity index (χ3v) is 5.02. The molecule has 36 heavy (non-hydrogen) atoms. The molecule has 0 saturated heterocycles. The highest BCUT2D eigenvalue weighted by atomic mass is 19.4. The van der Waals surface area contributed by atoms with E-state index in [1.165, 1.54) is 0 Å². The van der Waals surface area contributed by atoms with Gasteiger partial charge in [-0.25, -0.2) is 14.8 Å². The van der Waals surface area contributed by atoms with Crippen LogP contribution in [0.1, 0.15) is 0 Å². The lowest BCUT2D eigenvalue weighted by Crippen LogP contribution is -2.40. The number of alkyl halides is 3. The third kappa shape index (κ3) is 5.69. The number of amides is 1. The first kappa shape index (κ1) is 24.5. The smallest absolute Gasteiger partial charge is 0.485 e. The molecule has 0 fully saturated rings. The van der Waals surface area contributed by atoms with Gasteiger partial charge in [0, 0.05) is 23.5 Å². The van der Waals surface area contributed by atoms with Gasteiger partial charge in [0.1, 0.15) is 6.61 Å². The first-order valence-electron chi connectivity index (χ1n) is 10.5. The summed E-state index contributed by atoms with van der Waals surface area (Å²) in [5, 5.41) is 11.0. The van der Waals surface area contributed by atoms with Gasteiger partial charge >= 0.3 is 12.1 Å². The lowest BCUT2D eigenvalue weighted by Gasteiger charge is -2.25. The van der Waals surface area contributed by atoms with E-state index in [0.717, 1.165) is 16.5 Å². The van der Waals surface area contributed by atoms with Crippen LogP contribution >= 0.6 is 0 Å². The molecule has 1 aliphatic rings. The van der Waals surface area contributed by atoms with Crippen molar-refractivity contribution in [1.82, 2.24) is 9.97 Å². The van der Waals surface area contributed by atoms with Gasteiger partial charge in [-0.05, 0) is 53.6 Å². The molecule has 3 heterocycles. The number of rotatable bonds is 3. The molecule has 0 radical (unpaired) electrons. The van der Waals surface area contributed by atoms with Crippen LogP contribution in [0.2, 0.25) is 0 Å². The first-order chi connectivity index (χ1) is 17.2. The second-order valence-electron chi connectivity index (χ2n) is 7.47. The highest BCUT2D eigenvalue weighted by molar-refractivity contribution is 5.96. The number of anilines is 1. The number of halogens is 3. The first-order valence-corrected chi connectivity index (χ1v) is 10.5. The highest BCUT2D eigenvalue weighted by Gasteiger charge is 2.38. The number of nitrogens with one attached hydrogen (secondary N) is 1. The summed E-state index contributed by atoms with van der Waals surface area (Å²) in [5.41, 5.74) is 3.46. The number of nitrogens with zero attached hydrogens (tertiary/aromatic N) is 2. The summed E-state index contributed by atoms with van der Waals surface area (Å²) in [6.45, 7) is 0.178. The summed E-state index contributed by atoms with van der Waals surface area (Å²) < 4.78 is 43.1. The van der Waals surface area contributed by atoms with Crippen molar-refractivity contribution < 1.29 is 37.3 Å². The van der Waals surface area contributed by atoms with Gasteiger partial charge in [-0.2, -0.15) is 13.2 Å². The molecule has 1 atom stereocenters. The Morgan fingerprint density at radius 1 is 0.917 bits per heavy atom. The number of carbonyl (C=O) groups is 2. The Labute approximate surface area is 202 Å². The number of carboxylic acid groups (broad SMARTS) is 1. The molecule has 2 aromatic carbocycles. The number of carboxylic acids is 1. The molecular formula is C25H18F3N3O5. The fourth-order valence-electron chi connectivity index (χ4n) is 3.34. The van der Waals surface area contributed by atoms with Gasteiger partial charge in [0.2, 0.25) is 6.10 Å². The van der Waals surface area contributed by atoms with Crippen LogP contribution < -0.4 is 14.8 Å². The molecule has 0 bridgehead atoms. The Hall–Kier alpha value is -4.67. The van der Waals surface area contributed by atoms with Gasteiger partial charge in [-0.1, -0.05) is 24.3 Å². The summed E-state index contributed by atoms with van der Waals surface area (Å²) in [6, 6.07) is 20.8. The summed E-state index contributed by atoms with van der Waals surface area (Å²) in [4.78, 5) is 30.1. The van der Waals surface area contributed by atoms with Crippen LogP contribution in [0.15, 0.2) is 79.1 Å². The van der Waals surface area contributed by atoms with E-state index in [0.29, 0.717) is 22.8 Å². The van der Waals surface area contributed by atoms with E-state index in [2.05, 4.69) is 15.3 Å². The largest absolute Gasteiger partial charge is 0.490 e. The lowest BCUT2D eigenvalue weighted by atomic mass is 10.0. The molecule has 0 spiro atoms. The maximum atomic E-state index is 12.6. The van der Waals surface area contributed by atoms with E-state index < -0.39 is 18.2 Å². The van der Waals surface area contributed by atoms with Crippen LogP contribution in [0.3, 0.4) is 0 Å². The van der Waals surface area contributed by atoms with Crippen molar-refractivity contribution in [3.05, 3.63) is 79.1 Å². The lowest BCUT2D eigenvalue weighted by molar-refractivity contribution is -0.192. The minimum absolute atomic E-state index is 0.178. The molecule has 0 saturated carbocycles. The van der Waals surface area contributed by atoms with E-state index in [1.807, 2.05) is 60.7 Å². The monoisotopic (exact) mass is 497 g/mol. The molecule has 184 valence electrons. The minimum Gasteiger partial charge on any atom is -0.485 e. The van der Waals surface area contributed by atoms with Gasteiger partial charge < -0.3 is 19.9 Å². The number of aliphatic carboxylic acids is 1. The fourth-order valence-corrected chi connectivity index (χ4v) is 3.34. The van der Waals surface area contributed by atoms with Crippen molar-refractivity contribution >= 4 is 28.6 Å². The summed E-state index contributed by atoms with van der Waals surface area (Å²) in [7, 11) is 0. The zero-order valence-corrected chi connectivity index (χ0v) is 18.4. The topological polar surface area (TPSA) is 111 Å². The molecule has 4 aromatic rings. The Morgan fingerprint density at radius 3 is 2.28 bits per heavy atom. The zero-order valence-electron chi connectivity index (χ0n) is 18.4. The standard InChI is InChI=1S/C23H17N3O3.C2HF3O2/c27-23(21-14-28-19-5-1-2-6-20(19)29-21)26-16-9-7-15(8-10-16)17-11-13-25-22-18(17)4-3-12-24-22;3-2(4,5)1(6)7/h1-13,21H,14H2,(H,26,27);(H,6,7). The molecule has 1 unspecified atom stereocenters. The number of carbonyl (C=O) groups excluding carboxylic acids is 1. The number of hydrogen-bond acceptors (Lipinski definition) is 6. The Morgan fingerprint density at radius 2 is 1.58 bits per heavy atom. The zero-order chi connectivity index (χ0) is 25.7. The molecular weight excluding hydrogens is 479 g/mol. The van der Waals surface area contributed by atoms with E-state index in [4.69, 9.17) is 19.4 Å². The molecule has 11 heteroatoms.